The summed E-state index contributed by atoms with van der Waals surface area (Å²) < 4.78 is 36.0. The molecule has 2 rings (SSSR count). The van der Waals surface area contributed by atoms with Gasteiger partial charge in [0.05, 0.1) is 11.4 Å². The molecule has 1 aliphatic rings. The first-order valence-corrected chi connectivity index (χ1v) is 9.59. The van der Waals surface area contributed by atoms with Crippen LogP contribution in [0.25, 0.3) is 0 Å². The van der Waals surface area contributed by atoms with Gasteiger partial charge in [-0.15, -0.1) is 0 Å². The number of fused-ring (bicyclic) bond motifs is 1. The average molecular weight is 378 g/mol. The molecule has 0 amide bonds. The molecule has 1 aromatic rings. The van der Waals surface area contributed by atoms with Crippen LogP contribution in [0.5, 0.6) is 0 Å². The van der Waals surface area contributed by atoms with Crippen molar-refractivity contribution in [2.45, 2.75) is 31.2 Å². The zero-order valence-corrected chi connectivity index (χ0v) is 14.4. The van der Waals surface area contributed by atoms with Crippen LogP contribution in [-0.4, -0.2) is 19.8 Å². The third-order valence-corrected chi connectivity index (χ3v) is 5.59. The van der Waals surface area contributed by atoms with E-state index in [0.717, 1.165) is 23.1 Å². The molecular formula is C12H16BrN3O2S2. The normalized spacial score (nSPS) is 15.2. The van der Waals surface area contributed by atoms with Crippen molar-refractivity contribution in [3.05, 3.63) is 18.2 Å². The van der Waals surface area contributed by atoms with Gasteiger partial charge in [-0.3, -0.25) is 0 Å². The smallest absolute Gasteiger partial charge is 0.208 e. The maximum absolute atomic E-state index is 12.5. The van der Waals surface area contributed by atoms with Crippen LogP contribution in [-0.2, 0) is 21.4 Å². The zero-order chi connectivity index (χ0) is 14.8. The molecule has 8 heteroatoms. The fourth-order valence-electron chi connectivity index (χ4n) is 1.91. The van der Waals surface area contributed by atoms with Gasteiger partial charge in [-0.25, -0.2) is 13.1 Å². The lowest BCUT2D eigenvalue weighted by Crippen LogP contribution is -2.38. The molecule has 1 aromatic carbocycles. The zero-order valence-electron chi connectivity index (χ0n) is 11.2. The second-order valence-electron chi connectivity index (χ2n) is 4.84. The van der Waals surface area contributed by atoms with E-state index in [-0.39, 0.29) is 16.9 Å². The van der Waals surface area contributed by atoms with Crippen LogP contribution in [0.2, 0.25) is 0 Å². The van der Waals surface area contributed by atoms with E-state index >= 15 is 0 Å². The summed E-state index contributed by atoms with van der Waals surface area (Å²) in [4.78, 5) is 0.198. The largest absolute Gasteiger partial charge is 0.243 e. The minimum atomic E-state index is -3.59. The topological polar surface area (TPSA) is 70.9 Å². The fourth-order valence-corrected chi connectivity index (χ4v) is 4.59. The van der Waals surface area contributed by atoms with E-state index in [0.29, 0.717) is 11.4 Å². The SMILES string of the molecule is CC(C)C(CCBr)NS(=O)(=O)c1cccc2c1N=S=N2. The van der Waals surface area contributed by atoms with Crippen molar-refractivity contribution in [1.29, 1.82) is 0 Å². The molecule has 0 spiro atoms. The Balaban J connectivity index is 2.32. The lowest BCUT2D eigenvalue weighted by molar-refractivity contribution is 0.440. The summed E-state index contributed by atoms with van der Waals surface area (Å²) in [7, 11) is -3.59. The van der Waals surface area contributed by atoms with E-state index in [1.165, 1.54) is 0 Å². The second kappa shape index (κ2) is 6.46. The number of hydrogen-bond donors (Lipinski definition) is 1. The number of benzene rings is 1. The van der Waals surface area contributed by atoms with Gasteiger partial charge < -0.3 is 0 Å². The lowest BCUT2D eigenvalue weighted by atomic mass is 10.0. The van der Waals surface area contributed by atoms with Gasteiger partial charge in [0.2, 0.25) is 10.0 Å². The van der Waals surface area contributed by atoms with Crippen molar-refractivity contribution >= 4 is 48.7 Å². The summed E-state index contributed by atoms with van der Waals surface area (Å²) >= 11 is 4.38. The molecule has 0 bridgehead atoms. The molecular weight excluding hydrogens is 362 g/mol. The maximum atomic E-state index is 12.5. The Labute approximate surface area is 131 Å². The van der Waals surface area contributed by atoms with Crippen LogP contribution in [0.15, 0.2) is 31.8 Å². The van der Waals surface area contributed by atoms with Crippen LogP contribution in [0, 0.1) is 5.92 Å². The van der Waals surface area contributed by atoms with E-state index < -0.39 is 10.0 Å². The average Bonchev–Trinajstić information content (AvgIpc) is 2.85. The number of sulfonamides is 1. The summed E-state index contributed by atoms with van der Waals surface area (Å²) in [5.74, 6) is 0.218. The Kier molecular flexibility index (Phi) is 5.11. The van der Waals surface area contributed by atoms with Crippen LogP contribution in [0.1, 0.15) is 20.3 Å². The van der Waals surface area contributed by atoms with Gasteiger partial charge >= 0.3 is 0 Å². The Hall–Kier alpha value is -0.570. The predicted octanol–water partition coefficient (Wildman–Crippen LogP) is 3.50. The fraction of sp³-hybridized carbons (Fsp3) is 0.500. The molecule has 1 atom stereocenters. The predicted molar refractivity (Wildman–Crippen MR) is 85.3 cm³/mol. The number of rotatable bonds is 6. The summed E-state index contributed by atoms with van der Waals surface area (Å²) in [5.41, 5.74) is 1.05. The molecule has 20 heavy (non-hydrogen) atoms. The summed E-state index contributed by atoms with van der Waals surface area (Å²) in [6, 6.07) is 4.90. The summed E-state index contributed by atoms with van der Waals surface area (Å²) in [5, 5.41) is 0.751. The number of hydrogen-bond acceptors (Lipinski definition) is 4. The molecule has 1 heterocycles. The first kappa shape index (κ1) is 15.8. The van der Waals surface area contributed by atoms with Gasteiger partial charge in [0.15, 0.2) is 0 Å². The van der Waals surface area contributed by atoms with Crippen molar-refractivity contribution in [1.82, 2.24) is 4.72 Å². The molecule has 5 nitrogen and oxygen atoms in total. The molecule has 0 saturated carbocycles. The molecule has 0 fully saturated rings. The van der Waals surface area contributed by atoms with Gasteiger partial charge in [0.25, 0.3) is 0 Å². The van der Waals surface area contributed by atoms with Crippen LogP contribution >= 0.6 is 15.9 Å². The highest BCUT2D eigenvalue weighted by Gasteiger charge is 2.26. The molecule has 110 valence electrons. The monoisotopic (exact) mass is 377 g/mol. The lowest BCUT2D eigenvalue weighted by Gasteiger charge is -2.21. The first-order chi connectivity index (χ1) is 9.45. The van der Waals surface area contributed by atoms with Gasteiger partial charge in [0, 0.05) is 11.4 Å². The Morgan fingerprint density at radius 3 is 2.75 bits per heavy atom. The Morgan fingerprint density at radius 1 is 1.35 bits per heavy atom. The van der Waals surface area contributed by atoms with E-state index in [9.17, 15) is 8.42 Å². The van der Waals surface area contributed by atoms with E-state index in [4.69, 9.17) is 0 Å². The molecule has 0 saturated heterocycles. The Morgan fingerprint density at radius 2 is 2.10 bits per heavy atom. The van der Waals surface area contributed by atoms with Crippen molar-refractivity contribution in [2.75, 3.05) is 5.33 Å². The van der Waals surface area contributed by atoms with Crippen LogP contribution in [0.4, 0.5) is 11.4 Å². The number of alkyl halides is 1. The minimum Gasteiger partial charge on any atom is -0.208 e. The minimum absolute atomic E-state index is 0.110. The van der Waals surface area contributed by atoms with Crippen LogP contribution < -0.4 is 4.72 Å². The number of halogens is 1. The molecule has 1 unspecified atom stereocenters. The molecule has 1 N–H and O–H groups in total. The highest BCUT2D eigenvalue weighted by Crippen LogP contribution is 2.37. The van der Waals surface area contributed by atoms with E-state index in [1.54, 1.807) is 18.2 Å². The third kappa shape index (κ3) is 3.36. The first-order valence-electron chi connectivity index (χ1n) is 6.25. The quantitative estimate of drug-likeness (QED) is 0.782. The van der Waals surface area contributed by atoms with Gasteiger partial charge in [-0.05, 0) is 24.5 Å². The molecule has 1 aliphatic heterocycles. The van der Waals surface area contributed by atoms with Crippen molar-refractivity contribution in [3.8, 4) is 0 Å². The standard InChI is InChI=1S/C12H16BrN3O2S2/c1-8(2)9(6-7-13)16-20(17,18)11-5-3-4-10-12(11)15-19-14-10/h3-5,8-9,16H,6-7H2,1-2H3. The van der Waals surface area contributed by atoms with Crippen LogP contribution in [0.3, 0.4) is 0 Å². The highest BCUT2D eigenvalue weighted by molar-refractivity contribution is 9.09. The van der Waals surface area contributed by atoms with Gasteiger partial charge in [-0.2, -0.15) is 8.73 Å². The van der Waals surface area contributed by atoms with E-state index in [1.807, 2.05) is 13.8 Å². The van der Waals surface area contributed by atoms with Crippen molar-refractivity contribution in [3.63, 3.8) is 0 Å². The number of nitrogens with one attached hydrogen (secondary N) is 1. The number of nitrogens with zero attached hydrogens (tertiary/aromatic N) is 2. The molecule has 0 radical (unpaired) electrons. The highest BCUT2D eigenvalue weighted by atomic mass is 79.9. The van der Waals surface area contributed by atoms with Crippen molar-refractivity contribution in [2.24, 2.45) is 14.6 Å². The molecule has 0 aliphatic carbocycles. The van der Waals surface area contributed by atoms with Gasteiger partial charge in [-0.1, -0.05) is 35.8 Å². The second-order valence-corrected chi connectivity index (χ2v) is 7.84. The summed E-state index contributed by atoms with van der Waals surface area (Å²) in [6.45, 7) is 4.00. The van der Waals surface area contributed by atoms with E-state index in [2.05, 4.69) is 29.4 Å². The van der Waals surface area contributed by atoms with Gasteiger partial charge in [0.1, 0.15) is 16.3 Å². The summed E-state index contributed by atoms with van der Waals surface area (Å²) in [6.07, 6.45) is 0.738. The maximum Gasteiger partial charge on any atom is 0.243 e. The third-order valence-electron chi connectivity index (χ3n) is 3.07. The molecule has 0 aromatic heterocycles. The van der Waals surface area contributed by atoms with Crippen molar-refractivity contribution < 1.29 is 8.42 Å². The Bertz CT molecular complexity index is 667.